The van der Waals surface area contributed by atoms with Crippen molar-refractivity contribution in [1.82, 2.24) is 24.1 Å². The van der Waals surface area contributed by atoms with Gasteiger partial charge in [0, 0.05) is 44.5 Å². The molecule has 0 saturated carbocycles. The number of rotatable bonds is 8. The number of benzene rings is 1. The highest BCUT2D eigenvalue weighted by molar-refractivity contribution is 7.89. The van der Waals surface area contributed by atoms with Crippen molar-refractivity contribution < 1.29 is 27.9 Å². The summed E-state index contributed by atoms with van der Waals surface area (Å²) in [7, 11) is -0.724. The van der Waals surface area contributed by atoms with Gasteiger partial charge in [-0.2, -0.15) is 4.31 Å². The molecule has 2 aromatic rings. The molecule has 204 valence electrons. The molecule has 0 fully saturated rings. The predicted octanol–water partition coefficient (Wildman–Crippen LogP) is 1.49. The summed E-state index contributed by atoms with van der Waals surface area (Å²) in [4.78, 5) is 31.2. The largest absolute Gasteiger partial charge is 0.488 e. The molecule has 3 rings (SSSR count). The molecule has 1 aliphatic rings. The monoisotopic (exact) mass is 536 g/mol. The number of likely N-dealkylation sites (N-methyl/N-ethyl adjacent to an activating group) is 1. The van der Waals surface area contributed by atoms with Crippen molar-refractivity contribution in [2.75, 3.05) is 32.1 Å². The van der Waals surface area contributed by atoms with Crippen LogP contribution in [-0.2, 0) is 17.1 Å². The second-order valence-electron chi connectivity index (χ2n) is 9.75. The number of amides is 3. The molecule has 13 heteroatoms. The van der Waals surface area contributed by atoms with E-state index < -0.39 is 28.2 Å². The van der Waals surface area contributed by atoms with Gasteiger partial charge in [-0.15, -0.1) is 0 Å². The van der Waals surface area contributed by atoms with E-state index in [1.165, 1.54) is 29.9 Å². The summed E-state index contributed by atoms with van der Waals surface area (Å²) in [5, 5.41) is 15.2. The zero-order valence-corrected chi connectivity index (χ0v) is 22.8. The number of aliphatic hydroxyl groups excluding tert-OH is 1. The number of urea groups is 1. The topological polar surface area (TPSA) is 146 Å². The Labute approximate surface area is 217 Å². The summed E-state index contributed by atoms with van der Waals surface area (Å²) >= 11 is 0. The number of aliphatic hydroxyl groups is 1. The molecule has 0 unspecified atom stereocenters. The number of anilines is 1. The van der Waals surface area contributed by atoms with Crippen molar-refractivity contribution in [2.45, 2.75) is 50.9 Å². The number of carbonyl (C=O) groups is 2. The number of sulfonamides is 1. The Kier molecular flexibility index (Phi) is 8.82. The van der Waals surface area contributed by atoms with Crippen LogP contribution in [0.1, 0.15) is 38.1 Å². The molecular formula is C24H36N6O6S. The zero-order valence-electron chi connectivity index (χ0n) is 22.0. The zero-order chi connectivity index (χ0) is 27.5. The van der Waals surface area contributed by atoms with E-state index in [0.717, 1.165) is 0 Å². The van der Waals surface area contributed by atoms with Gasteiger partial charge in [0.15, 0.2) is 5.03 Å². The van der Waals surface area contributed by atoms with Crippen molar-refractivity contribution in [1.29, 1.82) is 0 Å². The first-order chi connectivity index (χ1) is 17.3. The fraction of sp³-hybridized carbons (Fsp3) is 0.542. The highest BCUT2D eigenvalue weighted by Gasteiger charge is 2.35. The number of carbonyl (C=O) groups excluding carboxylic acids is 2. The van der Waals surface area contributed by atoms with Crippen LogP contribution < -0.4 is 15.4 Å². The maximum absolute atomic E-state index is 13.5. The Morgan fingerprint density at radius 1 is 1.32 bits per heavy atom. The van der Waals surface area contributed by atoms with Crippen molar-refractivity contribution in [3.63, 3.8) is 0 Å². The van der Waals surface area contributed by atoms with Crippen LogP contribution in [0, 0.1) is 5.92 Å². The summed E-state index contributed by atoms with van der Waals surface area (Å²) in [5.41, 5.74) is 0.597. The third-order valence-electron chi connectivity index (χ3n) is 6.14. The summed E-state index contributed by atoms with van der Waals surface area (Å²) in [6.07, 6.45) is 2.22. The Balaban J connectivity index is 1.95. The maximum atomic E-state index is 13.5. The molecule has 3 amide bonds. The second-order valence-corrected chi connectivity index (χ2v) is 11.7. The Morgan fingerprint density at radius 3 is 2.62 bits per heavy atom. The number of nitrogens with zero attached hydrogens (tertiary/aromatic N) is 4. The van der Waals surface area contributed by atoms with Crippen LogP contribution in [-0.4, -0.2) is 89.2 Å². The Bertz CT molecular complexity index is 1230. The molecule has 3 N–H and O–H groups in total. The summed E-state index contributed by atoms with van der Waals surface area (Å²) in [5.74, 6) is -0.374. The number of aryl methyl sites for hydroxylation is 1. The van der Waals surface area contributed by atoms with Gasteiger partial charge < -0.3 is 29.9 Å². The minimum atomic E-state index is -3.87. The van der Waals surface area contributed by atoms with E-state index in [1.807, 2.05) is 20.8 Å². The highest BCUT2D eigenvalue weighted by Crippen LogP contribution is 2.31. The van der Waals surface area contributed by atoms with Gasteiger partial charge in [-0.3, -0.25) is 4.79 Å². The van der Waals surface area contributed by atoms with E-state index >= 15 is 0 Å². The number of hydrogen-bond acceptors (Lipinski definition) is 7. The molecule has 0 spiro atoms. The first-order valence-electron chi connectivity index (χ1n) is 12.1. The first-order valence-corrected chi connectivity index (χ1v) is 13.5. The fourth-order valence-corrected chi connectivity index (χ4v) is 5.12. The molecular weight excluding hydrogens is 500 g/mol. The van der Waals surface area contributed by atoms with Gasteiger partial charge in [0.1, 0.15) is 11.9 Å². The third kappa shape index (κ3) is 6.59. The lowest BCUT2D eigenvalue weighted by molar-refractivity contribution is 0.0387. The van der Waals surface area contributed by atoms with Crippen molar-refractivity contribution in [3.8, 4) is 5.75 Å². The number of aromatic nitrogens is 2. The lowest BCUT2D eigenvalue weighted by Crippen LogP contribution is -2.50. The van der Waals surface area contributed by atoms with Crippen molar-refractivity contribution >= 4 is 27.6 Å². The third-order valence-corrected chi connectivity index (χ3v) is 7.84. The van der Waals surface area contributed by atoms with Crippen LogP contribution >= 0.6 is 0 Å². The van der Waals surface area contributed by atoms with Gasteiger partial charge in [0.05, 0.1) is 31.1 Å². The lowest BCUT2D eigenvalue weighted by Gasteiger charge is -2.38. The normalized spacial score (nSPS) is 19.2. The van der Waals surface area contributed by atoms with Gasteiger partial charge in [-0.05, 0) is 39.0 Å². The predicted molar refractivity (Wildman–Crippen MR) is 138 cm³/mol. The van der Waals surface area contributed by atoms with E-state index in [0.29, 0.717) is 5.69 Å². The SMILES string of the molecule is CC(C)NC(=O)Nc1ccc2c(c1)C(=O)N([C@@H](C)CO)C[C@@H](C)[C@H](CN(C)S(=O)(=O)c1cn(C)cn1)O2. The van der Waals surface area contributed by atoms with Crippen LogP contribution in [0.5, 0.6) is 5.75 Å². The van der Waals surface area contributed by atoms with Crippen molar-refractivity contribution in [3.05, 3.63) is 36.3 Å². The van der Waals surface area contributed by atoms with E-state index in [9.17, 15) is 23.1 Å². The molecule has 0 bridgehead atoms. The van der Waals surface area contributed by atoms with Gasteiger partial charge in [0.2, 0.25) is 0 Å². The van der Waals surface area contributed by atoms with E-state index in [4.69, 9.17) is 4.74 Å². The average Bonchev–Trinajstić information content (AvgIpc) is 3.27. The van der Waals surface area contributed by atoms with Crippen LogP contribution in [0.4, 0.5) is 10.5 Å². The number of hydrogen-bond donors (Lipinski definition) is 3. The van der Waals surface area contributed by atoms with E-state index in [1.54, 1.807) is 35.6 Å². The van der Waals surface area contributed by atoms with Gasteiger partial charge in [-0.1, -0.05) is 6.92 Å². The Hall–Kier alpha value is -3.16. The smallest absolute Gasteiger partial charge is 0.319 e. The molecule has 12 nitrogen and oxygen atoms in total. The van der Waals surface area contributed by atoms with Crippen LogP contribution in [0.2, 0.25) is 0 Å². The fourth-order valence-electron chi connectivity index (χ4n) is 3.98. The van der Waals surface area contributed by atoms with Crippen LogP contribution in [0.15, 0.2) is 35.7 Å². The molecule has 0 saturated heterocycles. The lowest BCUT2D eigenvalue weighted by atomic mass is 9.99. The molecule has 1 aliphatic heterocycles. The molecule has 1 aromatic carbocycles. The minimum Gasteiger partial charge on any atom is -0.488 e. The summed E-state index contributed by atoms with van der Waals surface area (Å²) in [6, 6.07) is 3.74. The molecule has 0 radical (unpaired) electrons. The standard InChI is InChI=1S/C24H36N6O6S/c1-15(2)26-24(33)27-18-7-8-20-19(9-18)23(32)30(17(4)13-31)10-16(3)21(36-20)11-29(6)37(34,35)22-12-28(5)14-25-22/h7-9,12,14-17,21,31H,10-11,13H2,1-6H3,(H2,26,27,33)/t16-,17+,21+/m1/s1. The number of ether oxygens (including phenoxy) is 1. The average molecular weight is 537 g/mol. The van der Waals surface area contributed by atoms with Gasteiger partial charge in [-0.25, -0.2) is 18.2 Å². The quantitative estimate of drug-likeness (QED) is 0.463. The molecule has 0 aliphatic carbocycles. The van der Waals surface area contributed by atoms with Crippen molar-refractivity contribution in [2.24, 2.45) is 13.0 Å². The highest BCUT2D eigenvalue weighted by atomic mass is 32.2. The van der Waals surface area contributed by atoms with Gasteiger partial charge >= 0.3 is 6.03 Å². The summed E-state index contributed by atoms with van der Waals surface area (Å²) in [6.45, 7) is 7.25. The molecule has 2 heterocycles. The second kappa shape index (κ2) is 11.5. The Morgan fingerprint density at radius 2 is 2.03 bits per heavy atom. The first kappa shape index (κ1) is 28.4. The van der Waals surface area contributed by atoms with Crippen LogP contribution in [0.25, 0.3) is 0 Å². The van der Waals surface area contributed by atoms with Crippen LogP contribution in [0.3, 0.4) is 0 Å². The van der Waals surface area contributed by atoms with E-state index in [-0.39, 0.29) is 53.9 Å². The maximum Gasteiger partial charge on any atom is 0.319 e. The molecule has 37 heavy (non-hydrogen) atoms. The number of fused-ring (bicyclic) bond motifs is 1. The molecule has 1 aromatic heterocycles. The number of nitrogens with one attached hydrogen (secondary N) is 2. The minimum absolute atomic E-state index is 0.00580. The van der Waals surface area contributed by atoms with E-state index in [2.05, 4.69) is 15.6 Å². The van der Waals surface area contributed by atoms with Gasteiger partial charge in [0.25, 0.3) is 15.9 Å². The summed E-state index contributed by atoms with van der Waals surface area (Å²) < 4.78 is 35.1. The number of imidazole rings is 1. The molecule has 3 atom stereocenters.